The molecule has 0 amide bonds. The van der Waals surface area contributed by atoms with Crippen molar-refractivity contribution in [3.05, 3.63) is 34.6 Å². The Kier molecular flexibility index (Phi) is 4.37. The summed E-state index contributed by atoms with van der Waals surface area (Å²) in [5, 5.41) is 0.181. The van der Waals surface area contributed by atoms with Crippen molar-refractivity contribution in [1.82, 2.24) is 4.90 Å². The number of hydrogen-bond acceptors (Lipinski definition) is 2. The average Bonchev–Trinajstić information content (AvgIpc) is 2.76. The summed E-state index contributed by atoms with van der Waals surface area (Å²) < 4.78 is 18.6. The van der Waals surface area contributed by atoms with E-state index in [0.29, 0.717) is 5.92 Å². The summed E-state index contributed by atoms with van der Waals surface area (Å²) in [6.07, 6.45) is 1.12. The van der Waals surface area contributed by atoms with Crippen LogP contribution in [0.3, 0.4) is 0 Å². The first kappa shape index (κ1) is 12.8. The highest BCUT2D eigenvalue weighted by atomic mass is 35.5. The van der Waals surface area contributed by atoms with Gasteiger partial charge in [0.05, 0.1) is 11.6 Å². The zero-order chi connectivity index (χ0) is 12.3. The number of halogens is 2. The van der Waals surface area contributed by atoms with Crippen LogP contribution < -0.4 is 0 Å². The Morgan fingerprint density at radius 3 is 3.00 bits per heavy atom. The summed E-state index contributed by atoms with van der Waals surface area (Å²) >= 11 is 5.65. The molecule has 1 atom stereocenters. The maximum Gasteiger partial charge on any atom is 0.142 e. The van der Waals surface area contributed by atoms with Crippen molar-refractivity contribution in [2.45, 2.75) is 13.0 Å². The van der Waals surface area contributed by atoms with Crippen molar-refractivity contribution in [2.75, 3.05) is 26.8 Å². The third-order valence-electron chi connectivity index (χ3n) is 3.03. The van der Waals surface area contributed by atoms with Gasteiger partial charge >= 0.3 is 0 Å². The maximum atomic E-state index is 13.3. The Bertz CT molecular complexity index is 380. The number of rotatable bonds is 4. The summed E-state index contributed by atoms with van der Waals surface area (Å²) in [6.45, 7) is 3.45. The van der Waals surface area contributed by atoms with Gasteiger partial charge in [-0.3, -0.25) is 0 Å². The van der Waals surface area contributed by atoms with Gasteiger partial charge in [-0.2, -0.15) is 0 Å². The fourth-order valence-corrected chi connectivity index (χ4v) is 2.30. The number of hydrogen-bond donors (Lipinski definition) is 0. The van der Waals surface area contributed by atoms with Crippen LogP contribution in [0.4, 0.5) is 4.39 Å². The Morgan fingerprint density at radius 2 is 2.35 bits per heavy atom. The minimum atomic E-state index is -0.346. The lowest BCUT2D eigenvalue weighted by molar-refractivity contribution is 0.173. The quantitative estimate of drug-likeness (QED) is 0.822. The van der Waals surface area contributed by atoms with Gasteiger partial charge in [-0.1, -0.05) is 17.7 Å². The van der Waals surface area contributed by atoms with E-state index in [0.717, 1.165) is 38.3 Å². The summed E-state index contributed by atoms with van der Waals surface area (Å²) in [4.78, 5) is 2.20. The van der Waals surface area contributed by atoms with Crippen molar-refractivity contribution in [1.29, 1.82) is 0 Å². The molecule has 1 aliphatic heterocycles. The minimum Gasteiger partial charge on any atom is -0.381 e. The third kappa shape index (κ3) is 3.66. The Hall–Kier alpha value is -0.640. The lowest BCUT2D eigenvalue weighted by Crippen LogP contribution is -2.25. The van der Waals surface area contributed by atoms with Crippen LogP contribution in [-0.4, -0.2) is 31.7 Å². The van der Waals surface area contributed by atoms with Gasteiger partial charge in [0.2, 0.25) is 0 Å². The number of benzene rings is 1. The first-order chi connectivity index (χ1) is 8.15. The first-order valence-electron chi connectivity index (χ1n) is 5.85. The van der Waals surface area contributed by atoms with Crippen molar-refractivity contribution in [3.8, 4) is 0 Å². The molecule has 1 aromatic rings. The Morgan fingerprint density at radius 1 is 1.53 bits per heavy atom. The SMILES string of the molecule is CN(Cc1ccc(Cl)c(F)c1)C[C@@H]1CCOC1. The first-order valence-corrected chi connectivity index (χ1v) is 6.23. The Labute approximate surface area is 106 Å². The van der Waals surface area contributed by atoms with Crippen LogP contribution >= 0.6 is 11.6 Å². The van der Waals surface area contributed by atoms with Crippen LogP contribution in [0.1, 0.15) is 12.0 Å². The van der Waals surface area contributed by atoms with E-state index in [-0.39, 0.29) is 10.8 Å². The molecule has 4 heteroatoms. The lowest BCUT2D eigenvalue weighted by Gasteiger charge is -2.20. The number of ether oxygens (including phenoxy) is 1. The molecule has 1 aromatic carbocycles. The van der Waals surface area contributed by atoms with Gasteiger partial charge in [0.25, 0.3) is 0 Å². The summed E-state index contributed by atoms with van der Waals surface area (Å²) in [5.41, 5.74) is 0.952. The van der Waals surface area contributed by atoms with Gasteiger partial charge in [-0.15, -0.1) is 0 Å². The minimum absolute atomic E-state index is 0.181. The van der Waals surface area contributed by atoms with Crippen LogP contribution in [-0.2, 0) is 11.3 Å². The molecule has 0 N–H and O–H groups in total. The van der Waals surface area contributed by atoms with Crippen LogP contribution in [0.2, 0.25) is 5.02 Å². The molecule has 2 rings (SSSR count). The summed E-state index contributed by atoms with van der Waals surface area (Å²) in [7, 11) is 2.05. The van der Waals surface area contributed by atoms with Crippen molar-refractivity contribution in [3.63, 3.8) is 0 Å². The molecule has 1 heterocycles. The van der Waals surface area contributed by atoms with E-state index in [4.69, 9.17) is 16.3 Å². The topological polar surface area (TPSA) is 12.5 Å². The second-order valence-electron chi connectivity index (χ2n) is 4.67. The summed E-state index contributed by atoms with van der Waals surface area (Å²) in [6, 6.07) is 4.98. The highest BCUT2D eigenvalue weighted by Crippen LogP contribution is 2.18. The van der Waals surface area contributed by atoms with Gasteiger partial charge in [0.15, 0.2) is 0 Å². The second kappa shape index (κ2) is 5.80. The predicted molar refractivity (Wildman–Crippen MR) is 66.7 cm³/mol. The van der Waals surface area contributed by atoms with Crippen LogP contribution in [0, 0.1) is 11.7 Å². The van der Waals surface area contributed by atoms with E-state index in [9.17, 15) is 4.39 Å². The van der Waals surface area contributed by atoms with E-state index in [1.807, 2.05) is 13.1 Å². The molecular formula is C13H17ClFNO. The molecule has 0 unspecified atom stereocenters. The molecule has 0 radical (unpaired) electrons. The number of nitrogens with zero attached hydrogens (tertiary/aromatic N) is 1. The largest absolute Gasteiger partial charge is 0.381 e. The second-order valence-corrected chi connectivity index (χ2v) is 5.08. The van der Waals surface area contributed by atoms with Crippen molar-refractivity contribution < 1.29 is 9.13 Å². The van der Waals surface area contributed by atoms with Crippen molar-refractivity contribution in [2.24, 2.45) is 5.92 Å². The molecule has 0 aromatic heterocycles. The van der Waals surface area contributed by atoms with Crippen LogP contribution in [0.15, 0.2) is 18.2 Å². The predicted octanol–water partition coefficient (Wildman–Crippen LogP) is 2.95. The van der Waals surface area contributed by atoms with Gasteiger partial charge < -0.3 is 9.64 Å². The van der Waals surface area contributed by atoms with Gasteiger partial charge in [-0.25, -0.2) is 4.39 Å². The fourth-order valence-electron chi connectivity index (χ4n) is 2.18. The van der Waals surface area contributed by atoms with Crippen LogP contribution in [0.5, 0.6) is 0 Å². The molecule has 1 fully saturated rings. The molecule has 1 aliphatic rings. The van der Waals surface area contributed by atoms with E-state index >= 15 is 0 Å². The molecular weight excluding hydrogens is 241 g/mol. The highest BCUT2D eigenvalue weighted by Gasteiger charge is 2.17. The molecule has 2 nitrogen and oxygen atoms in total. The third-order valence-corrected chi connectivity index (χ3v) is 3.34. The molecule has 17 heavy (non-hydrogen) atoms. The lowest BCUT2D eigenvalue weighted by atomic mass is 10.1. The van der Waals surface area contributed by atoms with Gasteiger partial charge in [0, 0.05) is 19.7 Å². The average molecular weight is 258 g/mol. The fraction of sp³-hybridized carbons (Fsp3) is 0.538. The molecule has 0 saturated carbocycles. The molecule has 0 bridgehead atoms. The smallest absolute Gasteiger partial charge is 0.142 e. The molecule has 1 saturated heterocycles. The normalized spacial score (nSPS) is 20.1. The maximum absolute atomic E-state index is 13.3. The molecule has 0 spiro atoms. The Balaban J connectivity index is 1.88. The summed E-state index contributed by atoms with van der Waals surface area (Å²) in [5.74, 6) is 0.263. The van der Waals surface area contributed by atoms with E-state index < -0.39 is 0 Å². The van der Waals surface area contributed by atoms with Crippen molar-refractivity contribution >= 4 is 11.6 Å². The molecule has 94 valence electrons. The van der Waals surface area contributed by atoms with E-state index in [2.05, 4.69) is 4.90 Å². The zero-order valence-electron chi connectivity index (χ0n) is 9.96. The van der Waals surface area contributed by atoms with E-state index in [1.54, 1.807) is 6.07 Å². The molecule has 0 aliphatic carbocycles. The monoisotopic (exact) mass is 257 g/mol. The highest BCUT2D eigenvalue weighted by molar-refractivity contribution is 6.30. The zero-order valence-corrected chi connectivity index (χ0v) is 10.7. The van der Waals surface area contributed by atoms with Gasteiger partial charge in [0.1, 0.15) is 5.82 Å². The van der Waals surface area contributed by atoms with Gasteiger partial charge in [-0.05, 0) is 37.1 Å². The van der Waals surface area contributed by atoms with E-state index in [1.165, 1.54) is 6.07 Å². The van der Waals surface area contributed by atoms with Crippen LogP contribution in [0.25, 0.3) is 0 Å². The standard InChI is InChI=1S/C13H17ClFNO/c1-16(8-11-4-5-17-9-11)7-10-2-3-12(14)13(15)6-10/h2-3,6,11H,4-5,7-9H2,1H3/t11-/m0/s1.